The van der Waals surface area contributed by atoms with Gasteiger partial charge in [-0.3, -0.25) is 4.79 Å². The summed E-state index contributed by atoms with van der Waals surface area (Å²) >= 11 is 0. The third-order valence-electron chi connectivity index (χ3n) is 6.92. The fourth-order valence-corrected chi connectivity index (χ4v) is 4.93. The van der Waals surface area contributed by atoms with E-state index in [4.69, 9.17) is 9.72 Å². The smallest absolute Gasteiger partial charge is 0.253 e. The lowest BCUT2D eigenvalue weighted by Gasteiger charge is -2.24. The third kappa shape index (κ3) is 4.24. The van der Waals surface area contributed by atoms with Crippen molar-refractivity contribution in [3.63, 3.8) is 0 Å². The van der Waals surface area contributed by atoms with Crippen LogP contribution >= 0.6 is 0 Å². The maximum atomic E-state index is 13.2. The molecule has 1 saturated heterocycles. The van der Waals surface area contributed by atoms with Gasteiger partial charge in [-0.25, -0.2) is 9.38 Å². The first-order valence-corrected chi connectivity index (χ1v) is 12.5. The van der Waals surface area contributed by atoms with Crippen molar-refractivity contribution in [2.24, 2.45) is 0 Å². The van der Waals surface area contributed by atoms with Gasteiger partial charge in [-0.1, -0.05) is 42.0 Å². The van der Waals surface area contributed by atoms with Crippen molar-refractivity contribution in [3.8, 4) is 17.1 Å². The molecule has 1 aliphatic heterocycles. The number of hydrogen-bond acceptors (Lipinski definition) is 6. The zero-order valence-corrected chi connectivity index (χ0v) is 21.0. The van der Waals surface area contributed by atoms with Crippen molar-refractivity contribution in [3.05, 3.63) is 83.9 Å². The van der Waals surface area contributed by atoms with Crippen molar-refractivity contribution in [1.29, 1.82) is 0 Å². The summed E-state index contributed by atoms with van der Waals surface area (Å²) < 4.78 is 7.49. The number of nitrogens with zero attached hydrogens (tertiary/aromatic N) is 6. The fraction of sp³-hybridized carbons (Fsp3) is 0.241. The summed E-state index contributed by atoms with van der Waals surface area (Å²) in [5.41, 5.74) is 4.40. The summed E-state index contributed by atoms with van der Waals surface area (Å²) in [6, 6.07) is 23.6. The first-order chi connectivity index (χ1) is 18.1. The van der Waals surface area contributed by atoms with Gasteiger partial charge in [0.1, 0.15) is 5.75 Å². The van der Waals surface area contributed by atoms with Crippen LogP contribution in [0.1, 0.15) is 22.3 Å². The van der Waals surface area contributed by atoms with Crippen LogP contribution in [0.2, 0.25) is 0 Å². The van der Waals surface area contributed by atoms with Crippen LogP contribution in [-0.4, -0.2) is 63.7 Å². The normalized spacial score (nSPS) is 14.2. The zero-order valence-electron chi connectivity index (χ0n) is 21.0. The molecule has 0 aliphatic carbocycles. The van der Waals surface area contributed by atoms with Crippen LogP contribution in [0.25, 0.3) is 27.9 Å². The largest absolute Gasteiger partial charge is 0.497 e. The summed E-state index contributed by atoms with van der Waals surface area (Å²) in [6.45, 7) is 4.77. The fourth-order valence-electron chi connectivity index (χ4n) is 4.93. The number of hydrogen-bond donors (Lipinski definition) is 0. The summed E-state index contributed by atoms with van der Waals surface area (Å²) in [7, 11) is 1.66. The lowest BCUT2D eigenvalue weighted by Crippen LogP contribution is -2.36. The molecule has 1 amide bonds. The molecule has 2 aromatic heterocycles. The van der Waals surface area contributed by atoms with Gasteiger partial charge >= 0.3 is 0 Å². The summed E-state index contributed by atoms with van der Waals surface area (Å²) in [6.07, 6.45) is 0.838. The highest BCUT2D eigenvalue weighted by molar-refractivity contribution is 5.95. The molecule has 0 saturated carbocycles. The van der Waals surface area contributed by atoms with E-state index in [-0.39, 0.29) is 5.91 Å². The zero-order chi connectivity index (χ0) is 25.4. The Kier molecular flexibility index (Phi) is 5.92. The highest BCUT2D eigenvalue weighted by atomic mass is 16.5. The molecular formula is C29H28N6O2. The van der Waals surface area contributed by atoms with Gasteiger partial charge < -0.3 is 14.5 Å². The predicted molar refractivity (Wildman–Crippen MR) is 144 cm³/mol. The second-order valence-electron chi connectivity index (χ2n) is 9.34. The van der Waals surface area contributed by atoms with Gasteiger partial charge in [-0.05, 0) is 49.7 Å². The maximum Gasteiger partial charge on any atom is 0.253 e. The van der Waals surface area contributed by atoms with Gasteiger partial charge in [0.15, 0.2) is 11.5 Å². The Balaban J connectivity index is 1.40. The van der Waals surface area contributed by atoms with Gasteiger partial charge in [-0.15, -0.1) is 10.2 Å². The number of rotatable bonds is 4. The first-order valence-electron chi connectivity index (χ1n) is 12.5. The van der Waals surface area contributed by atoms with Crippen LogP contribution in [0, 0.1) is 6.92 Å². The first kappa shape index (κ1) is 23.0. The van der Waals surface area contributed by atoms with Crippen LogP contribution in [0.4, 0.5) is 5.95 Å². The minimum absolute atomic E-state index is 0.0693. The molecule has 1 fully saturated rings. The second kappa shape index (κ2) is 9.54. The van der Waals surface area contributed by atoms with Crippen molar-refractivity contribution < 1.29 is 9.53 Å². The molecule has 0 radical (unpaired) electrons. The van der Waals surface area contributed by atoms with Gasteiger partial charge in [0.05, 0.1) is 12.6 Å². The number of aryl methyl sites for hydroxylation is 1. The number of carbonyl (C=O) groups is 1. The Morgan fingerprint density at radius 2 is 1.73 bits per heavy atom. The van der Waals surface area contributed by atoms with Gasteiger partial charge in [-0.2, -0.15) is 0 Å². The molecule has 0 spiro atoms. The molecule has 3 aromatic carbocycles. The number of carbonyl (C=O) groups excluding carboxylic acids is 1. The monoisotopic (exact) mass is 492 g/mol. The van der Waals surface area contributed by atoms with E-state index >= 15 is 0 Å². The quantitative estimate of drug-likeness (QED) is 0.365. The van der Waals surface area contributed by atoms with Gasteiger partial charge in [0.2, 0.25) is 5.95 Å². The van der Waals surface area contributed by atoms with E-state index in [1.165, 1.54) is 0 Å². The van der Waals surface area contributed by atoms with Gasteiger partial charge in [0, 0.05) is 42.7 Å². The van der Waals surface area contributed by atoms with Crippen molar-refractivity contribution in [2.45, 2.75) is 13.3 Å². The number of amides is 1. The molecule has 8 nitrogen and oxygen atoms in total. The SMILES string of the molecule is COc1cccc(-c2nnc3c4ccccc4nc(N4CCCN(C(=O)c5ccc(C)cc5)CC4)n23)c1. The van der Waals surface area contributed by atoms with Crippen LogP contribution in [0.5, 0.6) is 5.75 Å². The number of benzene rings is 3. The molecule has 186 valence electrons. The standard InChI is InChI=1S/C29H28N6O2/c1-20-11-13-21(14-12-20)28(36)33-15-6-16-34(18-17-33)29-30-25-10-4-3-9-24(25)27-32-31-26(35(27)29)22-7-5-8-23(19-22)37-2/h3-5,7-14,19H,6,15-18H2,1-2H3. The average Bonchev–Trinajstić information content (AvgIpc) is 3.24. The molecule has 1 aliphatic rings. The van der Waals surface area contributed by atoms with E-state index in [1.807, 2.05) is 89.0 Å². The molecule has 8 heteroatoms. The molecule has 5 aromatic rings. The van der Waals surface area contributed by atoms with Crippen LogP contribution in [0.15, 0.2) is 72.8 Å². The molecule has 0 unspecified atom stereocenters. The number of ether oxygens (including phenoxy) is 1. The highest BCUT2D eigenvalue weighted by Crippen LogP contribution is 2.30. The van der Waals surface area contributed by atoms with Gasteiger partial charge in [0.25, 0.3) is 5.91 Å². The summed E-state index contributed by atoms with van der Waals surface area (Å²) in [5.74, 6) is 2.31. The topological polar surface area (TPSA) is 75.9 Å². The minimum atomic E-state index is 0.0693. The number of fused-ring (bicyclic) bond motifs is 3. The van der Waals surface area contributed by atoms with E-state index in [0.29, 0.717) is 25.5 Å². The van der Waals surface area contributed by atoms with Crippen LogP contribution < -0.4 is 9.64 Å². The molecule has 3 heterocycles. The average molecular weight is 493 g/mol. The van der Waals surface area contributed by atoms with Crippen molar-refractivity contribution in [1.82, 2.24) is 24.5 Å². The van der Waals surface area contributed by atoms with Crippen molar-refractivity contribution in [2.75, 3.05) is 38.2 Å². The Morgan fingerprint density at radius 1 is 0.892 bits per heavy atom. The van der Waals surface area contributed by atoms with Crippen LogP contribution in [0.3, 0.4) is 0 Å². The van der Waals surface area contributed by atoms with E-state index in [1.54, 1.807) is 7.11 Å². The number of methoxy groups -OCH3 is 1. The molecule has 0 N–H and O–H groups in total. The number of anilines is 1. The van der Waals surface area contributed by atoms with E-state index in [9.17, 15) is 4.79 Å². The third-order valence-corrected chi connectivity index (χ3v) is 6.92. The van der Waals surface area contributed by atoms with Crippen molar-refractivity contribution >= 4 is 28.4 Å². The van der Waals surface area contributed by atoms with E-state index in [2.05, 4.69) is 15.1 Å². The Labute approximate surface area is 215 Å². The lowest BCUT2D eigenvalue weighted by atomic mass is 10.1. The summed E-state index contributed by atoms with van der Waals surface area (Å²) in [4.78, 5) is 22.5. The van der Waals surface area contributed by atoms with Crippen LogP contribution in [-0.2, 0) is 0 Å². The van der Waals surface area contributed by atoms with E-state index in [0.717, 1.165) is 57.9 Å². The molecule has 0 bridgehead atoms. The summed E-state index contributed by atoms with van der Waals surface area (Å²) in [5, 5.41) is 10.1. The lowest BCUT2D eigenvalue weighted by molar-refractivity contribution is 0.0767. The highest BCUT2D eigenvalue weighted by Gasteiger charge is 2.25. The number of aromatic nitrogens is 4. The second-order valence-corrected chi connectivity index (χ2v) is 9.34. The molecule has 6 rings (SSSR count). The van der Waals surface area contributed by atoms with E-state index < -0.39 is 0 Å². The molecular weight excluding hydrogens is 464 g/mol. The predicted octanol–water partition coefficient (Wildman–Crippen LogP) is 4.61. The maximum absolute atomic E-state index is 13.2. The Morgan fingerprint density at radius 3 is 2.57 bits per heavy atom. The number of para-hydroxylation sites is 1. The minimum Gasteiger partial charge on any atom is -0.497 e. The Bertz CT molecular complexity index is 1590. The molecule has 0 atom stereocenters. The molecule has 37 heavy (non-hydrogen) atoms. The Hall–Kier alpha value is -4.46.